The van der Waals surface area contributed by atoms with Crippen molar-refractivity contribution in [3.63, 3.8) is 0 Å². The highest BCUT2D eigenvalue weighted by atomic mass is 19.1. The molecule has 0 aliphatic carbocycles. The predicted octanol–water partition coefficient (Wildman–Crippen LogP) is 4.25. The van der Waals surface area contributed by atoms with E-state index in [-0.39, 0.29) is 23.7 Å². The summed E-state index contributed by atoms with van der Waals surface area (Å²) in [6.07, 6.45) is 0. The van der Waals surface area contributed by atoms with Crippen molar-refractivity contribution in [2.24, 2.45) is 0 Å². The molecular weight excluding hydrogens is 253 g/mol. The van der Waals surface area contributed by atoms with Crippen LogP contribution in [0.25, 0.3) is 0 Å². The van der Waals surface area contributed by atoms with Gasteiger partial charge in [0.25, 0.3) is 0 Å². The molecule has 0 bridgehead atoms. The summed E-state index contributed by atoms with van der Waals surface area (Å²) in [6.45, 7) is 4.18. The molecular formula is C17H20FNO. The van der Waals surface area contributed by atoms with E-state index in [0.717, 1.165) is 5.56 Å². The van der Waals surface area contributed by atoms with E-state index in [2.05, 4.69) is 31.3 Å². The van der Waals surface area contributed by atoms with Gasteiger partial charge in [0.1, 0.15) is 0 Å². The molecule has 0 saturated carbocycles. The van der Waals surface area contributed by atoms with Gasteiger partial charge in [-0.2, -0.15) is 0 Å². The number of ether oxygens (including phenoxy) is 1. The standard InChI is InChI=1S/C17H20FNO/c1-12(14-7-5-4-6-8-14)19-13(2)15-9-10-16(18)17(11-15)20-3/h4-13,19H,1-3H3/t12-,13?/m0/s1. The van der Waals surface area contributed by atoms with Crippen LogP contribution in [0.5, 0.6) is 5.75 Å². The molecule has 0 aliphatic rings. The number of hydrogen-bond donors (Lipinski definition) is 1. The first kappa shape index (κ1) is 14.5. The van der Waals surface area contributed by atoms with Gasteiger partial charge in [0, 0.05) is 12.1 Å². The van der Waals surface area contributed by atoms with Gasteiger partial charge in [0.15, 0.2) is 11.6 Å². The van der Waals surface area contributed by atoms with E-state index in [1.807, 2.05) is 18.2 Å². The molecule has 3 heteroatoms. The Morgan fingerprint density at radius 1 is 0.950 bits per heavy atom. The lowest BCUT2D eigenvalue weighted by Crippen LogP contribution is -2.22. The molecule has 0 aromatic heterocycles. The quantitative estimate of drug-likeness (QED) is 0.879. The zero-order valence-electron chi connectivity index (χ0n) is 12.1. The fourth-order valence-corrected chi connectivity index (χ4v) is 2.25. The summed E-state index contributed by atoms with van der Waals surface area (Å²) in [5.74, 6) is -0.0527. The first-order valence-electron chi connectivity index (χ1n) is 6.76. The number of nitrogens with one attached hydrogen (secondary N) is 1. The summed E-state index contributed by atoms with van der Waals surface area (Å²) in [4.78, 5) is 0. The summed E-state index contributed by atoms with van der Waals surface area (Å²) in [7, 11) is 1.48. The second-order valence-corrected chi connectivity index (χ2v) is 4.91. The van der Waals surface area contributed by atoms with E-state index in [9.17, 15) is 4.39 Å². The molecule has 0 aliphatic heterocycles. The van der Waals surface area contributed by atoms with E-state index in [1.165, 1.54) is 18.7 Å². The number of rotatable bonds is 5. The molecule has 0 amide bonds. The molecule has 0 spiro atoms. The Bertz CT molecular complexity index is 556. The molecule has 2 atom stereocenters. The topological polar surface area (TPSA) is 21.3 Å². The van der Waals surface area contributed by atoms with Gasteiger partial charge in [-0.25, -0.2) is 4.39 Å². The van der Waals surface area contributed by atoms with E-state index >= 15 is 0 Å². The first-order valence-corrected chi connectivity index (χ1v) is 6.76. The molecule has 1 N–H and O–H groups in total. The summed E-state index contributed by atoms with van der Waals surface area (Å²) >= 11 is 0. The van der Waals surface area contributed by atoms with Crippen molar-refractivity contribution in [3.8, 4) is 5.75 Å². The third-order valence-electron chi connectivity index (χ3n) is 3.47. The Morgan fingerprint density at radius 2 is 1.60 bits per heavy atom. The highest BCUT2D eigenvalue weighted by Gasteiger charge is 2.13. The normalized spacial score (nSPS) is 13.8. The minimum atomic E-state index is -0.334. The van der Waals surface area contributed by atoms with Crippen LogP contribution in [0.4, 0.5) is 4.39 Å². The average molecular weight is 273 g/mol. The third-order valence-corrected chi connectivity index (χ3v) is 3.47. The molecule has 0 radical (unpaired) electrons. The van der Waals surface area contributed by atoms with Crippen molar-refractivity contribution in [1.29, 1.82) is 0 Å². The second-order valence-electron chi connectivity index (χ2n) is 4.91. The highest BCUT2D eigenvalue weighted by Crippen LogP contribution is 2.24. The Hall–Kier alpha value is -1.87. The lowest BCUT2D eigenvalue weighted by atomic mass is 10.0. The zero-order valence-corrected chi connectivity index (χ0v) is 12.1. The maximum absolute atomic E-state index is 13.4. The van der Waals surface area contributed by atoms with Gasteiger partial charge in [0.05, 0.1) is 7.11 Å². The lowest BCUT2D eigenvalue weighted by molar-refractivity contribution is 0.384. The number of halogens is 1. The third kappa shape index (κ3) is 3.36. The molecule has 2 rings (SSSR count). The number of methoxy groups -OCH3 is 1. The Morgan fingerprint density at radius 3 is 2.25 bits per heavy atom. The van der Waals surface area contributed by atoms with Gasteiger partial charge in [-0.15, -0.1) is 0 Å². The molecule has 1 unspecified atom stereocenters. The van der Waals surface area contributed by atoms with Crippen LogP contribution in [0.1, 0.15) is 37.1 Å². The molecule has 2 aromatic rings. The first-order chi connectivity index (χ1) is 9.61. The van der Waals surface area contributed by atoms with Crippen molar-refractivity contribution in [1.82, 2.24) is 5.32 Å². The Balaban J connectivity index is 2.10. The van der Waals surface area contributed by atoms with Gasteiger partial charge in [0.2, 0.25) is 0 Å². The molecule has 2 nitrogen and oxygen atoms in total. The van der Waals surface area contributed by atoms with E-state index in [1.54, 1.807) is 12.1 Å². The summed E-state index contributed by atoms with van der Waals surface area (Å²) < 4.78 is 18.4. The Kier molecular flexibility index (Phi) is 4.74. The van der Waals surface area contributed by atoms with Crippen LogP contribution in [-0.2, 0) is 0 Å². The maximum Gasteiger partial charge on any atom is 0.165 e. The van der Waals surface area contributed by atoms with Crippen LogP contribution in [0.2, 0.25) is 0 Å². The predicted molar refractivity (Wildman–Crippen MR) is 79.4 cm³/mol. The second kappa shape index (κ2) is 6.53. The fourth-order valence-electron chi connectivity index (χ4n) is 2.25. The van der Waals surface area contributed by atoms with Crippen molar-refractivity contribution in [2.75, 3.05) is 7.11 Å². The summed E-state index contributed by atoms with van der Waals surface area (Å²) in [5, 5.41) is 3.51. The molecule has 106 valence electrons. The van der Waals surface area contributed by atoms with Crippen LogP contribution in [-0.4, -0.2) is 7.11 Å². The van der Waals surface area contributed by atoms with E-state index in [4.69, 9.17) is 4.74 Å². The Labute approximate surface area is 119 Å². The monoisotopic (exact) mass is 273 g/mol. The molecule has 0 heterocycles. The highest BCUT2D eigenvalue weighted by molar-refractivity contribution is 5.32. The van der Waals surface area contributed by atoms with Gasteiger partial charge >= 0.3 is 0 Å². The molecule has 2 aromatic carbocycles. The zero-order chi connectivity index (χ0) is 14.5. The van der Waals surface area contributed by atoms with Crippen molar-refractivity contribution in [3.05, 3.63) is 65.5 Å². The van der Waals surface area contributed by atoms with Gasteiger partial charge in [-0.05, 0) is 37.1 Å². The molecule has 20 heavy (non-hydrogen) atoms. The fraction of sp³-hybridized carbons (Fsp3) is 0.294. The van der Waals surface area contributed by atoms with Gasteiger partial charge < -0.3 is 10.1 Å². The minimum Gasteiger partial charge on any atom is -0.494 e. The van der Waals surface area contributed by atoms with Crippen LogP contribution in [0.15, 0.2) is 48.5 Å². The smallest absolute Gasteiger partial charge is 0.165 e. The van der Waals surface area contributed by atoms with Crippen molar-refractivity contribution < 1.29 is 9.13 Å². The van der Waals surface area contributed by atoms with Crippen LogP contribution in [0, 0.1) is 5.82 Å². The van der Waals surface area contributed by atoms with Gasteiger partial charge in [-0.3, -0.25) is 0 Å². The van der Waals surface area contributed by atoms with E-state index in [0.29, 0.717) is 0 Å². The maximum atomic E-state index is 13.4. The van der Waals surface area contributed by atoms with Gasteiger partial charge in [-0.1, -0.05) is 36.4 Å². The molecule has 0 fully saturated rings. The minimum absolute atomic E-state index is 0.111. The van der Waals surface area contributed by atoms with Crippen LogP contribution < -0.4 is 10.1 Å². The van der Waals surface area contributed by atoms with Crippen molar-refractivity contribution in [2.45, 2.75) is 25.9 Å². The summed E-state index contributed by atoms with van der Waals surface area (Å²) in [5.41, 5.74) is 2.24. The van der Waals surface area contributed by atoms with Crippen LogP contribution in [0.3, 0.4) is 0 Å². The number of benzene rings is 2. The largest absolute Gasteiger partial charge is 0.494 e. The van der Waals surface area contributed by atoms with Crippen LogP contribution >= 0.6 is 0 Å². The SMILES string of the molecule is COc1cc(C(C)N[C@@H](C)c2ccccc2)ccc1F. The summed E-state index contributed by atoms with van der Waals surface area (Å²) in [6, 6.07) is 15.5. The average Bonchev–Trinajstić information content (AvgIpc) is 2.48. The van der Waals surface area contributed by atoms with Crippen molar-refractivity contribution >= 4 is 0 Å². The molecule has 0 saturated heterocycles. The number of hydrogen-bond acceptors (Lipinski definition) is 2. The van der Waals surface area contributed by atoms with E-state index < -0.39 is 0 Å². The lowest BCUT2D eigenvalue weighted by Gasteiger charge is -2.21.